The summed E-state index contributed by atoms with van der Waals surface area (Å²) in [6, 6.07) is 14.1. The molecule has 2 aromatic heterocycles. The number of halogens is 1. The Morgan fingerprint density at radius 3 is 2.35 bits per heavy atom. The van der Waals surface area contributed by atoms with Gasteiger partial charge < -0.3 is 5.32 Å². The molecule has 0 radical (unpaired) electrons. The molecule has 0 aliphatic rings. The lowest BCUT2D eigenvalue weighted by molar-refractivity contribution is -0.115. The van der Waals surface area contributed by atoms with Gasteiger partial charge in [-0.3, -0.25) is 9.52 Å². The van der Waals surface area contributed by atoms with E-state index in [-0.39, 0.29) is 27.7 Å². The molecule has 1 atom stereocenters. The average Bonchev–Trinajstić information content (AvgIpc) is 2.80. The molecule has 12 heteroatoms. The van der Waals surface area contributed by atoms with Crippen LogP contribution in [0.1, 0.15) is 37.9 Å². The number of sulfonamides is 1. The summed E-state index contributed by atoms with van der Waals surface area (Å²) < 4.78 is 27.4. The second-order valence-electron chi connectivity index (χ2n) is 7.48. The van der Waals surface area contributed by atoms with E-state index < -0.39 is 15.3 Å². The van der Waals surface area contributed by atoms with E-state index in [9.17, 15) is 18.5 Å². The lowest BCUT2D eigenvalue weighted by Crippen LogP contribution is -2.22. The Balaban J connectivity index is 1.67. The van der Waals surface area contributed by atoms with Crippen molar-refractivity contribution in [1.29, 1.82) is 5.26 Å². The van der Waals surface area contributed by atoms with Crippen molar-refractivity contribution in [2.75, 3.05) is 10.0 Å². The largest absolute Gasteiger partial charge is 0.325 e. The van der Waals surface area contributed by atoms with E-state index in [1.165, 1.54) is 48.2 Å². The number of benzene rings is 1. The normalized spacial score (nSPS) is 12.1. The van der Waals surface area contributed by atoms with Crippen molar-refractivity contribution in [3.8, 4) is 6.07 Å². The zero-order valence-corrected chi connectivity index (χ0v) is 20.9. The fourth-order valence-electron chi connectivity index (χ4n) is 2.70. The Hall–Kier alpha value is -3.20. The second-order valence-corrected chi connectivity index (χ2v) is 10.9. The minimum Gasteiger partial charge on any atom is -0.325 e. The van der Waals surface area contributed by atoms with Gasteiger partial charge in [-0.2, -0.15) is 5.26 Å². The predicted octanol–water partition coefficient (Wildman–Crippen LogP) is 4.44. The number of nitriles is 1. The summed E-state index contributed by atoms with van der Waals surface area (Å²) in [4.78, 5) is 17.2. The number of nitrogens with one attached hydrogen (secondary N) is 2. The van der Waals surface area contributed by atoms with E-state index in [0.717, 1.165) is 5.69 Å². The summed E-state index contributed by atoms with van der Waals surface area (Å²) in [6.07, 6.45) is 0. The minimum atomic E-state index is -3.90. The monoisotopic (exact) mass is 516 g/mol. The van der Waals surface area contributed by atoms with Crippen LogP contribution in [-0.4, -0.2) is 34.8 Å². The lowest BCUT2D eigenvalue weighted by atomic mass is 10.1. The minimum absolute atomic E-state index is 0.0157. The van der Waals surface area contributed by atoms with Crippen LogP contribution in [0.2, 0.25) is 5.15 Å². The van der Waals surface area contributed by atoms with Crippen molar-refractivity contribution in [3.63, 3.8) is 0 Å². The van der Waals surface area contributed by atoms with Crippen molar-refractivity contribution in [3.05, 3.63) is 64.9 Å². The van der Waals surface area contributed by atoms with E-state index in [1.54, 1.807) is 13.0 Å². The topological polar surface area (TPSA) is 138 Å². The van der Waals surface area contributed by atoms with Gasteiger partial charge in [0.1, 0.15) is 11.1 Å². The van der Waals surface area contributed by atoms with Crippen molar-refractivity contribution in [2.45, 2.75) is 41.9 Å². The van der Waals surface area contributed by atoms with E-state index in [2.05, 4.69) is 31.3 Å². The van der Waals surface area contributed by atoms with Crippen LogP contribution in [0.15, 0.2) is 58.5 Å². The molecule has 0 fully saturated rings. The van der Waals surface area contributed by atoms with Gasteiger partial charge in [-0.15, -0.1) is 10.2 Å². The van der Waals surface area contributed by atoms with Crippen molar-refractivity contribution >= 4 is 50.8 Å². The quantitative estimate of drug-likeness (QED) is 0.419. The first-order valence-electron chi connectivity index (χ1n) is 10.1. The summed E-state index contributed by atoms with van der Waals surface area (Å²) in [5, 5.41) is 19.5. The number of carbonyl (C=O) groups excluding carboxylic acids is 1. The van der Waals surface area contributed by atoms with E-state index >= 15 is 0 Å². The maximum Gasteiger partial charge on any atom is 0.263 e. The number of anilines is 2. The first-order chi connectivity index (χ1) is 16.1. The Morgan fingerprint density at radius 1 is 1.06 bits per heavy atom. The second kappa shape index (κ2) is 10.8. The fourth-order valence-corrected chi connectivity index (χ4v) is 4.70. The first-order valence-corrected chi connectivity index (χ1v) is 12.8. The molecule has 0 aliphatic carbocycles. The number of nitrogens with zero attached hydrogens (tertiary/aromatic N) is 4. The highest BCUT2D eigenvalue weighted by Crippen LogP contribution is 2.28. The molecule has 176 valence electrons. The zero-order valence-electron chi connectivity index (χ0n) is 18.5. The van der Waals surface area contributed by atoms with Crippen molar-refractivity contribution < 1.29 is 13.2 Å². The number of rotatable bonds is 8. The van der Waals surface area contributed by atoms with Gasteiger partial charge in [-0.25, -0.2) is 13.4 Å². The molecular formula is C22H21ClN6O3S2. The van der Waals surface area contributed by atoms with Crippen molar-refractivity contribution in [1.82, 2.24) is 15.2 Å². The summed E-state index contributed by atoms with van der Waals surface area (Å²) in [5.41, 5.74) is 1.66. The maximum atomic E-state index is 12.7. The number of hydrogen-bond acceptors (Lipinski definition) is 8. The van der Waals surface area contributed by atoms with Gasteiger partial charge >= 0.3 is 0 Å². The lowest BCUT2D eigenvalue weighted by Gasteiger charge is -2.14. The molecule has 9 nitrogen and oxygen atoms in total. The molecule has 0 bridgehead atoms. The fraction of sp³-hybridized carbons (Fsp3) is 0.227. The van der Waals surface area contributed by atoms with Gasteiger partial charge in [0.05, 0.1) is 15.7 Å². The molecule has 0 spiro atoms. The van der Waals surface area contributed by atoms with Crippen LogP contribution in [-0.2, 0) is 14.8 Å². The van der Waals surface area contributed by atoms with Crippen LogP contribution in [0.3, 0.4) is 0 Å². The Bertz CT molecular complexity index is 1320. The molecule has 2 heterocycles. The summed E-state index contributed by atoms with van der Waals surface area (Å²) >= 11 is 6.85. The van der Waals surface area contributed by atoms with Gasteiger partial charge in [-0.1, -0.05) is 37.2 Å². The Kier molecular flexibility index (Phi) is 8.09. The standard InChI is InChI=1S/C22H21ClN6O3S2/c1-13(2)18-9-4-15(12-24)22(26-18)33-14(3)21(30)25-16-5-7-17(8-6-16)34(31,32)29-20-11-10-19(23)27-28-20/h4-11,13-14H,1-3H3,(H,25,30)(H,28,29). The zero-order chi connectivity index (χ0) is 24.9. The molecule has 1 amide bonds. The molecular weight excluding hydrogens is 496 g/mol. The molecule has 0 saturated heterocycles. The number of pyridine rings is 1. The predicted molar refractivity (Wildman–Crippen MR) is 131 cm³/mol. The molecule has 0 saturated carbocycles. The highest BCUT2D eigenvalue weighted by Gasteiger charge is 2.20. The molecule has 2 N–H and O–H groups in total. The molecule has 1 aromatic carbocycles. The molecule has 1 unspecified atom stereocenters. The number of carbonyl (C=O) groups is 1. The molecule has 0 aliphatic heterocycles. The smallest absolute Gasteiger partial charge is 0.263 e. The van der Waals surface area contributed by atoms with Gasteiger partial charge in [0.15, 0.2) is 11.0 Å². The van der Waals surface area contributed by atoms with E-state index in [1.807, 2.05) is 19.9 Å². The van der Waals surface area contributed by atoms with E-state index in [0.29, 0.717) is 16.3 Å². The van der Waals surface area contributed by atoms with Crippen LogP contribution in [0.5, 0.6) is 0 Å². The highest BCUT2D eigenvalue weighted by molar-refractivity contribution is 8.00. The number of hydrogen-bond donors (Lipinski definition) is 2. The number of aromatic nitrogens is 3. The van der Waals surface area contributed by atoms with Gasteiger partial charge in [0.25, 0.3) is 10.0 Å². The van der Waals surface area contributed by atoms with Crippen molar-refractivity contribution in [2.24, 2.45) is 0 Å². The van der Waals surface area contributed by atoms with Gasteiger partial charge in [-0.05, 0) is 61.4 Å². The third-order valence-electron chi connectivity index (χ3n) is 4.55. The third-order valence-corrected chi connectivity index (χ3v) is 7.23. The summed E-state index contributed by atoms with van der Waals surface area (Å²) in [6.45, 7) is 5.71. The molecule has 34 heavy (non-hydrogen) atoms. The molecule has 3 aromatic rings. The summed E-state index contributed by atoms with van der Waals surface area (Å²) in [5.74, 6) is -0.0948. The maximum absolute atomic E-state index is 12.7. The molecule has 3 rings (SSSR count). The number of thioether (sulfide) groups is 1. The van der Waals surface area contributed by atoms with Crippen LogP contribution in [0.25, 0.3) is 0 Å². The summed E-state index contributed by atoms with van der Waals surface area (Å²) in [7, 11) is -3.90. The van der Waals surface area contributed by atoms with Gasteiger partial charge in [0, 0.05) is 11.4 Å². The van der Waals surface area contributed by atoms with Crippen LogP contribution in [0, 0.1) is 11.3 Å². The Labute approximate surface area is 207 Å². The van der Waals surface area contributed by atoms with Crippen LogP contribution in [0.4, 0.5) is 11.5 Å². The number of amides is 1. The average molecular weight is 517 g/mol. The first kappa shape index (κ1) is 25.4. The SMILES string of the molecule is CC(Sc1nc(C(C)C)ccc1C#N)C(=O)Nc1ccc(S(=O)(=O)Nc2ccc(Cl)nn2)cc1. The van der Waals surface area contributed by atoms with E-state index in [4.69, 9.17) is 11.6 Å². The highest BCUT2D eigenvalue weighted by atomic mass is 35.5. The van der Waals surface area contributed by atoms with Crippen LogP contribution < -0.4 is 10.0 Å². The Morgan fingerprint density at radius 2 is 1.76 bits per heavy atom. The third kappa shape index (κ3) is 6.44. The van der Waals surface area contributed by atoms with Gasteiger partial charge in [0.2, 0.25) is 5.91 Å². The van der Waals surface area contributed by atoms with Crippen LogP contribution >= 0.6 is 23.4 Å².